The lowest BCUT2D eigenvalue weighted by molar-refractivity contribution is -0.0970. The second kappa shape index (κ2) is 5.79. The van der Waals surface area contributed by atoms with E-state index in [2.05, 4.69) is 26.0 Å². The highest BCUT2D eigenvalue weighted by Gasteiger charge is 2.23. The lowest BCUT2D eigenvalue weighted by atomic mass is 10.2. The molecule has 0 radical (unpaired) electrons. The van der Waals surface area contributed by atoms with Crippen LogP contribution in [0.5, 0.6) is 0 Å². The molecule has 2 aromatic heterocycles. The SMILES string of the molecule is CCOC(O)c1cc(Br)nc2c1cnn2C1CCCC1. The Morgan fingerprint density at radius 1 is 1.50 bits per heavy atom. The second-order valence-corrected chi connectivity index (χ2v) is 5.92. The van der Waals surface area contributed by atoms with Crippen molar-refractivity contribution in [2.75, 3.05) is 6.61 Å². The summed E-state index contributed by atoms with van der Waals surface area (Å²) < 4.78 is 7.98. The molecule has 0 bridgehead atoms. The maximum absolute atomic E-state index is 10.1. The Hall–Kier alpha value is -0.980. The quantitative estimate of drug-likeness (QED) is 0.685. The Bertz CT molecular complexity index is 608. The molecule has 1 saturated carbocycles. The second-order valence-electron chi connectivity index (χ2n) is 5.11. The summed E-state index contributed by atoms with van der Waals surface area (Å²) in [5, 5.41) is 15.5. The van der Waals surface area contributed by atoms with E-state index in [-0.39, 0.29) is 0 Å². The third-order valence-corrected chi connectivity index (χ3v) is 4.23. The predicted octanol–water partition coefficient (Wildman–Crippen LogP) is 3.34. The van der Waals surface area contributed by atoms with E-state index in [1.54, 1.807) is 12.3 Å². The van der Waals surface area contributed by atoms with Crippen molar-refractivity contribution in [3.05, 3.63) is 22.4 Å². The topological polar surface area (TPSA) is 60.2 Å². The summed E-state index contributed by atoms with van der Waals surface area (Å²) in [4.78, 5) is 4.53. The molecular weight excluding hydrogens is 322 g/mol. The van der Waals surface area contributed by atoms with Gasteiger partial charge in [-0.15, -0.1) is 0 Å². The first kappa shape index (κ1) is 14.0. The van der Waals surface area contributed by atoms with Gasteiger partial charge >= 0.3 is 0 Å². The fourth-order valence-electron chi connectivity index (χ4n) is 2.88. The van der Waals surface area contributed by atoms with Crippen LogP contribution in [-0.2, 0) is 4.74 Å². The average Bonchev–Trinajstić information content (AvgIpc) is 3.05. The van der Waals surface area contributed by atoms with E-state index in [1.165, 1.54) is 12.8 Å². The predicted molar refractivity (Wildman–Crippen MR) is 79.3 cm³/mol. The molecule has 1 N–H and O–H groups in total. The highest BCUT2D eigenvalue weighted by molar-refractivity contribution is 9.10. The molecule has 1 unspecified atom stereocenters. The van der Waals surface area contributed by atoms with Crippen molar-refractivity contribution in [2.45, 2.75) is 44.9 Å². The van der Waals surface area contributed by atoms with Crippen molar-refractivity contribution in [3.63, 3.8) is 0 Å². The molecule has 108 valence electrons. The highest BCUT2D eigenvalue weighted by Crippen LogP contribution is 2.33. The van der Waals surface area contributed by atoms with E-state index >= 15 is 0 Å². The molecule has 1 fully saturated rings. The monoisotopic (exact) mass is 339 g/mol. The Morgan fingerprint density at radius 3 is 2.95 bits per heavy atom. The number of aromatic nitrogens is 3. The van der Waals surface area contributed by atoms with Crippen molar-refractivity contribution in [3.8, 4) is 0 Å². The largest absolute Gasteiger partial charge is 0.364 e. The molecule has 1 atom stereocenters. The van der Waals surface area contributed by atoms with Gasteiger partial charge in [-0.1, -0.05) is 12.8 Å². The first-order chi connectivity index (χ1) is 9.70. The van der Waals surface area contributed by atoms with Gasteiger partial charge in [-0.3, -0.25) is 0 Å². The summed E-state index contributed by atoms with van der Waals surface area (Å²) in [6.07, 6.45) is 5.62. The van der Waals surface area contributed by atoms with Crippen LogP contribution >= 0.6 is 15.9 Å². The van der Waals surface area contributed by atoms with Crippen molar-refractivity contribution >= 4 is 27.0 Å². The van der Waals surface area contributed by atoms with Crippen LogP contribution in [0.25, 0.3) is 11.0 Å². The average molecular weight is 340 g/mol. The van der Waals surface area contributed by atoms with E-state index in [4.69, 9.17) is 4.74 Å². The maximum atomic E-state index is 10.1. The van der Waals surface area contributed by atoms with Crippen LogP contribution in [0.3, 0.4) is 0 Å². The molecule has 0 amide bonds. The summed E-state index contributed by atoms with van der Waals surface area (Å²) in [5.41, 5.74) is 1.54. The fraction of sp³-hybridized carbons (Fsp3) is 0.571. The number of hydrogen-bond acceptors (Lipinski definition) is 4. The van der Waals surface area contributed by atoms with E-state index in [1.807, 2.05) is 11.6 Å². The minimum Gasteiger partial charge on any atom is -0.364 e. The molecule has 2 heterocycles. The van der Waals surface area contributed by atoms with E-state index in [0.29, 0.717) is 22.8 Å². The van der Waals surface area contributed by atoms with Gasteiger partial charge in [0.2, 0.25) is 0 Å². The summed E-state index contributed by atoms with van der Waals surface area (Å²) in [5.74, 6) is 0. The number of hydrogen-bond donors (Lipinski definition) is 1. The van der Waals surface area contributed by atoms with Gasteiger partial charge in [-0.2, -0.15) is 5.10 Å². The number of nitrogens with zero attached hydrogens (tertiary/aromatic N) is 3. The summed E-state index contributed by atoms with van der Waals surface area (Å²) in [6, 6.07) is 2.22. The van der Waals surface area contributed by atoms with Gasteiger partial charge in [0.15, 0.2) is 11.9 Å². The van der Waals surface area contributed by atoms with Gasteiger partial charge in [0, 0.05) is 17.6 Å². The molecule has 6 heteroatoms. The number of pyridine rings is 1. The lowest BCUT2D eigenvalue weighted by Gasteiger charge is -2.14. The first-order valence-corrected chi connectivity index (χ1v) is 7.83. The van der Waals surface area contributed by atoms with Gasteiger partial charge < -0.3 is 9.84 Å². The van der Waals surface area contributed by atoms with Crippen LogP contribution < -0.4 is 0 Å². The zero-order chi connectivity index (χ0) is 14.1. The first-order valence-electron chi connectivity index (χ1n) is 7.04. The van der Waals surface area contributed by atoms with Gasteiger partial charge in [0.05, 0.1) is 12.2 Å². The number of rotatable bonds is 4. The molecule has 0 spiro atoms. The Kier molecular flexibility index (Phi) is 4.05. The van der Waals surface area contributed by atoms with Crippen LogP contribution in [0.1, 0.15) is 50.5 Å². The fourth-order valence-corrected chi connectivity index (χ4v) is 3.29. The van der Waals surface area contributed by atoms with Crippen molar-refractivity contribution in [1.29, 1.82) is 0 Å². The van der Waals surface area contributed by atoms with Crippen molar-refractivity contribution < 1.29 is 9.84 Å². The molecule has 5 nitrogen and oxygen atoms in total. The third kappa shape index (κ3) is 2.47. The number of halogens is 1. The van der Waals surface area contributed by atoms with Crippen molar-refractivity contribution in [1.82, 2.24) is 14.8 Å². The zero-order valence-corrected chi connectivity index (χ0v) is 13.0. The van der Waals surface area contributed by atoms with Gasteiger partial charge in [-0.05, 0) is 41.8 Å². The molecule has 1 aliphatic carbocycles. The number of aliphatic hydroxyl groups is 1. The minimum atomic E-state index is -0.942. The van der Waals surface area contributed by atoms with Gasteiger partial charge in [-0.25, -0.2) is 9.67 Å². The van der Waals surface area contributed by atoms with Crippen LogP contribution in [0, 0.1) is 0 Å². The minimum absolute atomic E-state index is 0.423. The smallest absolute Gasteiger partial charge is 0.182 e. The Labute approximate surface area is 126 Å². The molecule has 0 aliphatic heterocycles. The van der Waals surface area contributed by atoms with Crippen LogP contribution in [0.4, 0.5) is 0 Å². The van der Waals surface area contributed by atoms with E-state index in [9.17, 15) is 5.11 Å². The number of ether oxygens (including phenoxy) is 1. The summed E-state index contributed by atoms with van der Waals surface area (Å²) in [6.45, 7) is 2.32. The van der Waals surface area contributed by atoms with Gasteiger partial charge in [0.1, 0.15) is 4.60 Å². The van der Waals surface area contributed by atoms with Crippen LogP contribution in [-0.4, -0.2) is 26.5 Å². The van der Waals surface area contributed by atoms with Crippen LogP contribution in [0.2, 0.25) is 0 Å². The number of fused-ring (bicyclic) bond motifs is 1. The standard InChI is InChI=1S/C14H18BrN3O2/c1-2-20-14(19)10-7-12(15)17-13-11(10)8-16-18(13)9-5-3-4-6-9/h7-9,14,19H,2-6H2,1H3. The Morgan fingerprint density at radius 2 is 2.25 bits per heavy atom. The normalized spacial score (nSPS) is 17.9. The lowest BCUT2D eigenvalue weighted by Crippen LogP contribution is -2.08. The zero-order valence-electron chi connectivity index (χ0n) is 11.4. The molecule has 20 heavy (non-hydrogen) atoms. The number of aliphatic hydroxyl groups excluding tert-OH is 1. The molecule has 1 aliphatic rings. The molecule has 3 rings (SSSR count). The molecule has 2 aromatic rings. The maximum Gasteiger partial charge on any atom is 0.182 e. The van der Waals surface area contributed by atoms with Crippen molar-refractivity contribution in [2.24, 2.45) is 0 Å². The Balaban J connectivity index is 2.08. The van der Waals surface area contributed by atoms with E-state index in [0.717, 1.165) is 23.9 Å². The third-order valence-electron chi connectivity index (χ3n) is 3.83. The van der Waals surface area contributed by atoms with Crippen LogP contribution in [0.15, 0.2) is 16.9 Å². The summed E-state index contributed by atoms with van der Waals surface area (Å²) >= 11 is 3.41. The highest BCUT2D eigenvalue weighted by atomic mass is 79.9. The molecule has 0 aromatic carbocycles. The summed E-state index contributed by atoms with van der Waals surface area (Å²) in [7, 11) is 0. The molecule has 0 saturated heterocycles. The van der Waals surface area contributed by atoms with Gasteiger partial charge in [0.25, 0.3) is 0 Å². The van der Waals surface area contributed by atoms with E-state index < -0.39 is 6.29 Å². The molecular formula is C14H18BrN3O2.